The topological polar surface area (TPSA) is 81.5 Å². The van der Waals surface area contributed by atoms with E-state index in [0.717, 1.165) is 19.3 Å². The Kier molecular flexibility index (Phi) is 23.6. The van der Waals surface area contributed by atoms with E-state index in [9.17, 15) is 8.76 Å². The number of hydrogen-bond acceptors (Lipinski definition) is 4. The van der Waals surface area contributed by atoms with Gasteiger partial charge in [-0.2, -0.15) is 5.90 Å². The molecule has 0 saturated heterocycles. The Bertz CT molecular complexity index is 382. The first kappa shape index (κ1) is 30.0. The van der Waals surface area contributed by atoms with Crippen LogP contribution >= 0.6 is 0 Å². The van der Waals surface area contributed by atoms with E-state index in [1.54, 1.807) is 0 Å². The van der Waals surface area contributed by atoms with E-state index < -0.39 is 10.8 Å². The van der Waals surface area contributed by atoms with Crippen molar-refractivity contribution in [1.82, 2.24) is 0 Å². The summed E-state index contributed by atoms with van der Waals surface area (Å²) in [6.07, 6.45) is 29.4. The van der Waals surface area contributed by atoms with Crippen LogP contribution in [-0.2, 0) is 28.0 Å². The highest BCUT2D eigenvalue weighted by Crippen LogP contribution is 2.15. The van der Waals surface area contributed by atoms with Gasteiger partial charge in [0.2, 0.25) is 0 Å². The Morgan fingerprint density at radius 3 is 1.07 bits per heavy atom. The third-order valence-corrected chi connectivity index (χ3v) is 6.53. The number of hydrogen-bond donors (Lipinski definition) is 1. The third kappa shape index (κ3) is 24.3. The number of nitrogens with two attached hydrogens (primary N) is 1. The maximum Gasteiger partial charge on any atom is 0.564 e. The van der Waals surface area contributed by atoms with Gasteiger partial charge in [-0.05, 0) is 10.7 Å². The Hall–Kier alpha value is -0.0100. The van der Waals surface area contributed by atoms with Gasteiger partial charge in [-0.1, -0.05) is 142 Å². The minimum absolute atomic E-state index is 0.151. The summed E-state index contributed by atoms with van der Waals surface area (Å²) in [4.78, 5) is 0. The Labute approximate surface area is 188 Å². The molecule has 2 N–H and O–H groups in total. The van der Waals surface area contributed by atoms with Crippen molar-refractivity contribution >= 4 is 10.8 Å². The molecule has 30 heavy (non-hydrogen) atoms. The van der Waals surface area contributed by atoms with Crippen molar-refractivity contribution in [3.63, 3.8) is 0 Å². The molecule has 0 fully saturated rings. The van der Waals surface area contributed by atoms with Crippen LogP contribution in [0, 0.1) is 0 Å². The zero-order valence-electron chi connectivity index (χ0n) is 19.9. The van der Waals surface area contributed by atoms with Gasteiger partial charge in [0, 0.05) is 4.21 Å². The van der Waals surface area contributed by atoms with Crippen LogP contribution in [0.3, 0.4) is 0 Å². The van der Waals surface area contributed by atoms with E-state index in [4.69, 9.17) is 0 Å². The van der Waals surface area contributed by atoms with Crippen LogP contribution in [0.25, 0.3) is 0 Å². The molecule has 0 saturated carbocycles. The van der Waals surface area contributed by atoms with Crippen LogP contribution in [0.5, 0.6) is 0 Å². The molecule has 0 heterocycles. The van der Waals surface area contributed by atoms with Gasteiger partial charge in [0.1, 0.15) is 11.2 Å². The average Bonchev–Trinajstić information content (AvgIpc) is 2.74. The molecule has 0 aromatic heterocycles. The fraction of sp³-hybridized carbons (Fsp3) is 1.00. The third-order valence-electron chi connectivity index (χ3n) is 5.84. The Morgan fingerprint density at radius 1 is 0.533 bits per heavy atom. The van der Waals surface area contributed by atoms with Crippen LogP contribution in [0.15, 0.2) is 0 Å². The van der Waals surface area contributed by atoms with Gasteiger partial charge in [-0.3, -0.25) is 0 Å². The van der Waals surface area contributed by atoms with E-state index >= 15 is 0 Å². The van der Waals surface area contributed by atoms with E-state index in [1.165, 1.54) is 122 Å². The van der Waals surface area contributed by atoms with Crippen LogP contribution in [0.2, 0.25) is 0 Å². The maximum atomic E-state index is 10.8. The minimum Gasteiger partial charge on any atom is -0.158 e. The average molecular weight is 450 g/mol. The van der Waals surface area contributed by atoms with Crippen LogP contribution in [0.1, 0.15) is 148 Å². The largest absolute Gasteiger partial charge is 0.564 e. The van der Waals surface area contributed by atoms with Gasteiger partial charge in [0.25, 0.3) is 0 Å². The molecule has 0 aliphatic rings. The molecule has 0 aliphatic carbocycles. The summed E-state index contributed by atoms with van der Waals surface area (Å²) in [5, 5.41) is 0. The molecule has 1 atom stereocenters. The molecule has 0 aromatic rings. The molecular weight excluding hydrogens is 398 g/mol. The molecule has 5 nitrogen and oxygen atoms in total. The van der Waals surface area contributed by atoms with Crippen molar-refractivity contribution in [2.75, 3.05) is 6.61 Å². The minimum atomic E-state index is -3.97. The summed E-state index contributed by atoms with van der Waals surface area (Å²) in [7, 11) is -3.97. The van der Waals surface area contributed by atoms with Crippen LogP contribution < -0.4 is 5.90 Å². The molecule has 1 unspecified atom stereocenters. The second-order valence-corrected chi connectivity index (χ2v) is 10.00. The van der Waals surface area contributed by atoms with Crippen molar-refractivity contribution in [2.24, 2.45) is 5.90 Å². The molecule has 0 rings (SSSR count). The normalized spacial score (nSPS) is 13.6. The molecule has 0 amide bonds. The van der Waals surface area contributed by atoms with Crippen molar-refractivity contribution in [1.29, 1.82) is 0 Å². The summed E-state index contributed by atoms with van der Waals surface area (Å²) < 4.78 is 30.0. The van der Waals surface area contributed by atoms with Gasteiger partial charge >= 0.3 is 10.8 Å². The molecule has 0 bridgehead atoms. The molecule has 0 aromatic carbocycles. The lowest BCUT2D eigenvalue weighted by molar-refractivity contribution is 0.152. The van der Waals surface area contributed by atoms with Gasteiger partial charge in [0.15, 0.2) is 0 Å². The van der Waals surface area contributed by atoms with Crippen molar-refractivity contribution in [2.45, 2.75) is 148 Å². The molecule has 1 radical (unpaired) electrons. The lowest BCUT2D eigenvalue weighted by atomic mass is 10.0. The quantitative estimate of drug-likeness (QED) is 0.0865. The van der Waals surface area contributed by atoms with E-state index in [1.807, 2.05) is 0 Å². The highest BCUT2D eigenvalue weighted by molar-refractivity contribution is 7.88. The fourth-order valence-electron chi connectivity index (χ4n) is 3.90. The molecule has 181 valence electrons. The SMILES string of the molecule is CCCCCCCCCCCCCCCCCCCCCCCCO[S+]([O])(=O)ON. The van der Waals surface area contributed by atoms with Gasteiger partial charge in [0.05, 0.1) is 0 Å². The maximum absolute atomic E-state index is 10.8. The molecule has 6 heteroatoms. The van der Waals surface area contributed by atoms with Gasteiger partial charge in [-0.15, -0.1) is 4.18 Å². The van der Waals surface area contributed by atoms with E-state index in [2.05, 4.69) is 21.3 Å². The fourth-order valence-corrected chi connectivity index (χ4v) is 4.28. The molecule has 0 aliphatic heterocycles. The summed E-state index contributed by atoms with van der Waals surface area (Å²) in [5.74, 6) is 4.59. The highest BCUT2D eigenvalue weighted by Gasteiger charge is 2.31. The summed E-state index contributed by atoms with van der Waals surface area (Å²) in [6, 6.07) is 0. The molecule has 0 spiro atoms. The molecular formula is C24H51NO4S+. The Morgan fingerprint density at radius 2 is 0.800 bits per heavy atom. The predicted octanol–water partition coefficient (Wildman–Crippen LogP) is 8.17. The van der Waals surface area contributed by atoms with Crippen LogP contribution in [-0.4, -0.2) is 6.61 Å². The van der Waals surface area contributed by atoms with Gasteiger partial charge in [-0.25, -0.2) is 0 Å². The lowest BCUT2D eigenvalue weighted by Crippen LogP contribution is -2.20. The predicted molar refractivity (Wildman–Crippen MR) is 127 cm³/mol. The van der Waals surface area contributed by atoms with Crippen molar-refractivity contribution in [3.8, 4) is 0 Å². The summed E-state index contributed by atoms with van der Waals surface area (Å²) in [5.41, 5.74) is 0. The van der Waals surface area contributed by atoms with Crippen LogP contribution in [0.4, 0.5) is 0 Å². The number of rotatable bonds is 25. The zero-order chi connectivity index (χ0) is 22.2. The number of unbranched alkanes of at least 4 members (excludes halogenated alkanes) is 21. The zero-order valence-corrected chi connectivity index (χ0v) is 20.7. The Balaban J connectivity index is 3.06. The van der Waals surface area contributed by atoms with E-state index in [0.29, 0.717) is 0 Å². The monoisotopic (exact) mass is 449 g/mol. The first-order valence-corrected chi connectivity index (χ1v) is 14.2. The summed E-state index contributed by atoms with van der Waals surface area (Å²) in [6.45, 7) is 2.43. The van der Waals surface area contributed by atoms with Crippen molar-refractivity contribution in [3.05, 3.63) is 0 Å². The standard InChI is InChI=1S/C24H51NO4S/c1-2-3-4-5-6-7-8-9-10-11-12-13-14-15-16-17-18-19-20-21-22-23-24-28-30(26,27)29-25/h2-25H2,1H3/q+1. The second-order valence-electron chi connectivity index (χ2n) is 8.75. The first-order valence-electron chi connectivity index (χ1n) is 12.9. The highest BCUT2D eigenvalue weighted by atomic mass is 32.3. The van der Waals surface area contributed by atoms with E-state index in [-0.39, 0.29) is 6.61 Å². The first-order chi connectivity index (χ1) is 14.6. The smallest absolute Gasteiger partial charge is 0.158 e. The van der Waals surface area contributed by atoms with Crippen molar-refractivity contribution < 1.29 is 17.2 Å². The lowest BCUT2D eigenvalue weighted by Gasteiger charge is -2.04. The summed E-state index contributed by atoms with van der Waals surface area (Å²) >= 11 is 0. The van der Waals surface area contributed by atoms with Gasteiger partial charge < -0.3 is 0 Å². The second kappa shape index (κ2) is 23.6.